The zero-order chi connectivity index (χ0) is 18.0. The van der Waals surface area contributed by atoms with Gasteiger partial charge < -0.3 is 9.64 Å². The van der Waals surface area contributed by atoms with Gasteiger partial charge in [0.15, 0.2) is 6.67 Å². The third-order valence-corrected chi connectivity index (χ3v) is 4.63. The number of nitrogens with one attached hydrogen (secondary N) is 1. The summed E-state index contributed by atoms with van der Waals surface area (Å²) >= 11 is 1.59. The van der Waals surface area contributed by atoms with Gasteiger partial charge in [0.05, 0.1) is 19.8 Å². The van der Waals surface area contributed by atoms with E-state index in [1.807, 2.05) is 23.9 Å². The molecular weight excluding hydrogens is 342 g/mol. The number of quaternary nitrogens is 1. The Morgan fingerprint density at radius 2 is 1.80 bits per heavy atom. The van der Waals surface area contributed by atoms with E-state index in [4.69, 9.17) is 4.74 Å². The smallest absolute Gasteiger partial charge is 0.343 e. The maximum absolute atomic E-state index is 12.6. The molecule has 0 spiro atoms. The summed E-state index contributed by atoms with van der Waals surface area (Å²) in [5.41, 5.74) is 1.47. The van der Waals surface area contributed by atoms with E-state index in [1.54, 1.807) is 35.6 Å². The van der Waals surface area contributed by atoms with E-state index < -0.39 is 17.8 Å². The lowest BCUT2D eigenvalue weighted by atomic mass is 10.3. The van der Waals surface area contributed by atoms with Gasteiger partial charge >= 0.3 is 17.8 Å². The number of anilines is 1. The predicted octanol–water partition coefficient (Wildman–Crippen LogP) is 0.724. The molecule has 0 radical (unpaired) electrons. The molecule has 1 aromatic heterocycles. The van der Waals surface area contributed by atoms with E-state index in [2.05, 4.69) is 0 Å². The minimum atomic E-state index is -0.835. The highest BCUT2D eigenvalue weighted by Crippen LogP contribution is 2.24. The Balaban J connectivity index is 1.74. The molecule has 3 rings (SSSR count). The monoisotopic (exact) mass is 360 g/mol. The lowest BCUT2D eigenvalue weighted by Gasteiger charge is -2.19. The summed E-state index contributed by atoms with van der Waals surface area (Å²) in [6.45, 7) is 0.795. The molecule has 0 bridgehead atoms. The van der Waals surface area contributed by atoms with Crippen molar-refractivity contribution in [3.8, 4) is 5.75 Å². The second kappa shape index (κ2) is 7.04. The normalized spacial score (nSPS) is 15.8. The zero-order valence-corrected chi connectivity index (χ0v) is 14.7. The van der Waals surface area contributed by atoms with Crippen LogP contribution in [0.15, 0.2) is 41.1 Å². The van der Waals surface area contributed by atoms with Crippen molar-refractivity contribution in [2.24, 2.45) is 0 Å². The van der Waals surface area contributed by atoms with Crippen molar-refractivity contribution >= 4 is 34.9 Å². The van der Waals surface area contributed by atoms with E-state index in [1.165, 1.54) is 7.11 Å². The quantitative estimate of drug-likeness (QED) is 0.609. The van der Waals surface area contributed by atoms with E-state index >= 15 is 0 Å². The van der Waals surface area contributed by atoms with Crippen molar-refractivity contribution in [2.45, 2.75) is 6.54 Å². The van der Waals surface area contributed by atoms with Crippen molar-refractivity contribution in [3.63, 3.8) is 0 Å². The Bertz CT molecular complexity index is 789. The number of imide groups is 2. The maximum atomic E-state index is 12.6. The number of thiophene rings is 1. The largest absolute Gasteiger partial charge is 0.497 e. The molecule has 1 aliphatic rings. The van der Waals surface area contributed by atoms with Gasteiger partial charge in [-0.25, -0.2) is 14.6 Å². The van der Waals surface area contributed by atoms with Crippen LogP contribution in [0.2, 0.25) is 0 Å². The molecule has 0 saturated carbocycles. The molecule has 25 heavy (non-hydrogen) atoms. The number of urea groups is 1. The molecule has 1 aromatic carbocycles. The van der Waals surface area contributed by atoms with Gasteiger partial charge in [0.1, 0.15) is 12.3 Å². The summed E-state index contributed by atoms with van der Waals surface area (Å²) in [6.07, 6.45) is 0. The summed E-state index contributed by atoms with van der Waals surface area (Å²) in [5.74, 6) is -1.03. The van der Waals surface area contributed by atoms with Crippen LogP contribution >= 0.6 is 11.3 Å². The topological polar surface area (TPSA) is 71.4 Å². The second-order valence-electron chi connectivity index (χ2n) is 5.78. The highest BCUT2D eigenvalue weighted by molar-refractivity contribution is 7.07. The Morgan fingerprint density at radius 3 is 2.40 bits per heavy atom. The van der Waals surface area contributed by atoms with Gasteiger partial charge in [0.25, 0.3) is 0 Å². The van der Waals surface area contributed by atoms with Crippen LogP contribution < -0.4 is 14.5 Å². The molecule has 1 unspecified atom stereocenters. The zero-order valence-electron chi connectivity index (χ0n) is 13.9. The van der Waals surface area contributed by atoms with Gasteiger partial charge in [-0.2, -0.15) is 11.3 Å². The third-order valence-electron chi connectivity index (χ3n) is 3.90. The third kappa shape index (κ3) is 3.40. The first-order valence-electron chi connectivity index (χ1n) is 7.67. The molecule has 4 amide bonds. The Hall–Kier alpha value is -2.71. The fourth-order valence-corrected chi connectivity index (χ4v) is 3.34. The molecule has 1 aliphatic heterocycles. The number of amides is 4. The standard InChI is InChI=1S/C17H17N3O4S/c1-18(9-12-7-8-25-10-12)11-19-15(21)16(22)20(17(19)23)13-3-5-14(24-2)6-4-13/h3-8,10H,9,11H2,1-2H3/p+1. The summed E-state index contributed by atoms with van der Waals surface area (Å²) in [7, 11) is 3.40. The van der Waals surface area contributed by atoms with Crippen LogP contribution in [0.3, 0.4) is 0 Å². The van der Waals surface area contributed by atoms with E-state index in [9.17, 15) is 14.4 Å². The van der Waals surface area contributed by atoms with Gasteiger partial charge in [-0.05, 0) is 41.1 Å². The number of methoxy groups -OCH3 is 1. The molecule has 2 heterocycles. The first-order chi connectivity index (χ1) is 12.0. The van der Waals surface area contributed by atoms with Gasteiger partial charge in [-0.15, -0.1) is 0 Å². The number of hydrogen-bond acceptors (Lipinski definition) is 5. The molecule has 1 saturated heterocycles. The summed E-state index contributed by atoms with van der Waals surface area (Å²) < 4.78 is 5.06. The molecular formula is C17H18N3O4S+. The number of ether oxygens (including phenoxy) is 1. The van der Waals surface area contributed by atoms with Crippen LogP contribution in [0.5, 0.6) is 5.75 Å². The van der Waals surface area contributed by atoms with Gasteiger partial charge in [-0.1, -0.05) is 0 Å². The van der Waals surface area contributed by atoms with Crippen LogP contribution in [0.25, 0.3) is 0 Å². The number of carbonyl (C=O) groups is 3. The van der Waals surface area contributed by atoms with Gasteiger partial charge in [0, 0.05) is 5.56 Å². The highest BCUT2D eigenvalue weighted by atomic mass is 32.1. The van der Waals surface area contributed by atoms with Crippen LogP contribution in [-0.4, -0.2) is 43.6 Å². The van der Waals surface area contributed by atoms with Crippen molar-refractivity contribution in [1.82, 2.24) is 4.90 Å². The summed E-state index contributed by atoms with van der Waals surface area (Å²) in [6, 6.07) is 7.80. The SMILES string of the molecule is COc1ccc(N2C(=O)C(=O)N(C[NH+](C)Cc3ccsc3)C2=O)cc1. The molecule has 1 atom stereocenters. The lowest BCUT2D eigenvalue weighted by molar-refractivity contribution is -0.901. The molecule has 1 fully saturated rings. The van der Waals surface area contributed by atoms with Crippen LogP contribution in [-0.2, 0) is 16.1 Å². The van der Waals surface area contributed by atoms with Crippen molar-refractivity contribution in [1.29, 1.82) is 0 Å². The van der Waals surface area contributed by atoms with Crippen molar-refractivity contribution in [3.05, 3.63) is 46.7 Å². The van der Waals surface area contributed by atoms with Crippen molar-refractivity contribution < 1.29 is 24.0 Å². The Labute approximate surface area is 149 Å². The van der Waals surface area contributed by atoms with Gasteiger partial charge in [-0.3, -0.25) is 9.59 Å². The van der Waals surface area contributed by atoms with E-state index in [0.29, 0.717) is 18.0 Å². The van der Waals surface area contributed by atoms with Crippen molar-refractivity contribution in [2.75, 3.05) is 25.7 Å². The Morgan fingerprint density at radius 1 is 1.08 bits per heavy atom. The van der Waals surface area contributed by atoms with Crippen LogP contribution in [0.4, 0.5) is 10.5 Å². The highest BCUT2D eigenvalue weighted by Gasteiger charge is 2.46. The van der Waals surface area contributed by atoms with Gasteiger partial charge in [0.2, 0.25) is 0 Å². The van der Waals surface area contributed by atoms with Crippen LogP contribution in [0.1, 0.15) is 5.56 Å². The first-order valence-corrected chi connectivity index (χ1v) is 8.62. The molecule has 7 nitrogen and oxygen atoms in total. The van der Waals surface area contributed by atoms with E-state index in [-0.39, 0.29) is 6.67 Å². The maximum Gasteiger partial charge on any atom is 0.343 e. The number of benzene rings is 1. The van der Waals surface area contributed by atoms with E-state index in [0.717, 1.165) is 20.3 Å². The number of rotatable bonds is 6. The first kappa shape index (κ1) is 17.1. The van der Waals surface area contributed by atoms with Crippen LogP contribution in [0, 0.1) is 0 Å². The Kier molecular flexibility index (Phi) is 4.82. The fourth-order valence-electron chi connectivity index (χ4n) is 2.67. The minimum absolute atomic E-state index is 0.131. The average Bonchev–Trinajstić information content (AvgIpc) is 3.18. The molecule has 2 aromatic rings. The molecule has 130 valence electrons. The number of hydrogen-bond donors (Lipinski definition) is 1. The molecule has 0 aliphatic carbocycles. The summed E-state index contributed by atoms with van der Waals surface area (Å²) in [4.78, 5) is 39.9. The average molecular weight is 360 g/mol. The lowest BCUT2D eigenvalue weighted by Crippen LogP contribution is -3.09. The minimum Gasteiger partial charge on any atom is -0.497 e. The second-order valence-corrected chi connectivity index (χ2v) is 6.56. The number of carbonyl (C=O) groups excluding carboxylic acids is 3. The number of nitrogens with zero attached hydrogens (tertiary/aromatic N) is 2. The predicted molar refractivity (Wildman–Crippen MR) is 92.5 cm³/mol. The molecule has 8 heteroatoms. The summed E-state index contributed by atoms with van der Waals surface area (Å²) in [5, 5.41) is 4.00. The fraction of sp³-hybridized carbons (Fsp3) is 0.235. The molecule has 1 N–H and O–H groups in total.